The Labute approximate surface area is 280 Å². The molecule has 1 saturated heterocycles. The van der Waals surface area contributed by atoms with Crippen molar-refractivity contribution in [1.82, 2.24) is 29.0 Å². The molecule has 1 aromatic carbocycles. The lowest BCUT2D eigenvalue weighted by molar-refractivity contribution is -0.138. The first-order valence-corrected chi connectivity index (χ1v) is 16.7. The molecule has 0 unspecified atom stereocenters. The number of nitrogens with one attached hydrogen (secondary N) is 1. The van der Waals surface area contributed by atoms with Gasteiger partial charge in [-0.15, -0.1) is 0 Å². The van der Waals surface area contributed by atoms with Crippen LogP contribution in [0.25, 0.3) is 27.7 Å². The topological polar surface area (TPSA) is 114 Å². The molecule has 1 N–H and O–H groups in total. The molecular formula is C36H34BrN7O3. The van der Waals surface area contributed by atoms with Crippen LogP contribution >= 0.6 is 15.9 Å². The maximum absolute atomic E-state index is 14.3. The number of aromatic nitrogens is 5. The molecule has 0 radical (unpaired) electrons. The second-order valence-corrected chi connectivity index (χ2v) is 14.3. The number of amides is 2. The maximum atomic E-state index is 14.3. The molecule has 5 aromatic rings. The number of Topliss-reactive ketones (excluding diaryl/α,β-unsaturated/α-hetero) is 1. The van der Waals surface area contributed by atoms with Crippen LogP contribution < -0.4 is 5.32 Å². The summed E-state index contributed by atoms with van der Waals surface area (Å²) in [4.78, 5) is 52.0. The van der Waals surface area contributed by atoms with Crippen molar-refractivity contribution in [2.24, 2.45) is 5.41 Å². The number of nitrogens with zero attached hydrogens (tertiary/aromatic N) is 6. The zero-order chi connectivity index (χ0) is 32.8. The van der Waals surface area contributed by atoms with E-state index < -0.39 is 6.04 Å². The quantitative estimate of drug-likeness (QED) is 0.120. The van der Waals surface area contributed by atoms with Gasteiger partial charge in [0.25, 0.3) is 0 Å². The molecule has 10 nitrogen and oxygen atoms in total. The highest BCUT2D eigenvalue weighted by atomic mass is 79.9. The number of rotatable bonds is 7. The fourth-order valence-corrected chi connectivity index (χ4v) is 7.75. The summed E-state index contributed by atoms with van der Waals surface area (Å²) in [7, 11) is 0. The summed E-state index contributed by atoms with van der Waals surface area (Å²) in [6.07, 6.45) is 12.3. The second-order valence-electron chi connectivity index (χ2n) is 13.5. The molecule has 2 amide bonds. The van der Waals surface area contributed by atoms with Gasteiger partial charge in [0.1, 0.15) is 23.0 Å². The smallest absolute Gasteiger partial charge is 0.248 e. The van der Waals surface area contributed by atoms with E-state index in [1.807, 2.05) is 67.2 Å². The molecule has 1 aliphatic heterocycles. The van der Waals surface area contributed by atoms with E-state index in [4.69, 9.17) is 0 Å². The van der Waals surface area contributed by atoms with E-state index in [1.165, 1.54) is 0 Å². The van der Waals surface area contributed by atoms with Crippen LogP contribution in [0.4, 0.5) is 5.82 Å². The van der Waals surface area contributed by atoms with Crippen LogP contribution in [0.2, 0.25) is 0 Å². The highest BCUT2D eigenvalue weighted by Gasteiger charge is 2.55. The Kier molecular flexibility index (Phi) is 6.77. The average molecular weight is 693 g/mol. The Balaban J connectivity index is 1.12. The third-order valence-corrected chi connectivity index (χ3v) is 10.4. The van der Waals surface area contributed by atoms with Gasteiger partial charge in [0.05, 0.1) is 17.3 Å². The Morgan fingerprint density at radius 2 is 1.89 bits per heavy atom. The van der Waals surface area contributed by atoms with Crippen LogP contribution in [0.1, 0.15) is 66.2 Å². The van der Waals surface area contributed by atoms with Crippen LogP contribution in [0.3, 0.4) is 0 Å². The number of benzene rings is 1. The zero-order valence-corrected chi connectivity index (χ0v) is 28.2. The summed E-state index contributed by atoms with van der Waals surface area (Å²) in [6, 6.07) is 9.03. The Hall–Kier alpha value is -4.64. The van der Waals surface area contributed by atoms with Gasteiger partial charge in [0, 0.05) is 46.6 Å². The predicted molar refractivity (Wildman–Crippen MR) is 182 cm³/mol. The summed E-state index contributed by atoms with van der Waals surface area (Å²) in [5.74, 6) is 0.464. The van der Waals surface area contributed by atoms with Gasteiger partial charge in [0.2, 0.25) is 11.8 Å². The molecule has 4 aromatic heterocycles. The molecule has 3 atom stereocenters. The first-order chi connectivity index (χ1) is 22.5. The van der Waals surface area contributed by atoms with Crippen molar-refractivity contribution in [1.29, 1.82) is 0 Å². The third-order valence-electron chi connectivity index (χ3n) is 9.96. The lowest BCUT2D eigenvalue weighted by Crippen LogP contribution is -2.50. The first-order valence-electron chi connectivity index (χ1n) is 15.9. The van der Waals surface area contributed by atoms with Gasteiger partial charge in [-0.2, -0.15) is 5.10 Å². The highest BCUT2D eigenvalue weighted by molar-refractivity contribution is 9.10. The summed E-state index contributed by atoms with van der Waals surface area (Å²) >= 11 is 3.44. The number of pyridine rings is 1. The SMILES string of the molecule is CC(=O)c1cn(CC(=O)N2[C@H](C(=O)Nc3nc(Br)ccc3C3CC3)C[C@@]3(C)C=C[C@@H]23)c2c(C)cc(-c3cnc4cc(C)nn4c3)cc12. The van der Waals surface area contributed by atoms with Crippen molar-refractivity contribution in [2.45, 2.75) is 71.5 Å². The van der Waals surface area contributed by atoms with Gasteiger partial charge < -0.3 is 14.8 Å². The number of anilines is 1. The Bertz CT molecular complexity index is 2200. The minimum atomic E-state index is -0.657. The minimum absolute atomic E-state index is 0.00327. The van der Waals surface area contributed by atoms with E-state index in [-0.39, 0.29) is 35.6 Å². The van der Waals surface area contributed by atoms with Gasteiger partial charge in [-0.3, -0.25) is 14.4 Å². The number of ketones is 1. The number of fused-ring (bicyclic) bond motifs is 3. The average Bonchev–Trinajstić information content (AvgIpc) is 3.63. The molecule has 11 heteroatoms. The molecule has 238 valence electrons. The molecule has 47 heavy (non-hydrogen) atoms. The normalized spacial score (nSPS) is 21.7. The fraction of sp³-hybridized carbons (Fsp3) is 0.333. The van der Waals surface area contributed by atoms with E-state index >= 15 is 0 Å². The van der Waals surface area contributed by atoms with Crippen molar-refractivity contribution >= 4 is 55.9 Å². The molecule has 1 saturated carbocycles. The highest BCUT2D eigenvalue weighted by Crippen LogP contribution is 2.49. The summed E-state index contributed by atoms with van der Waals surface area (Å²) in [5, 5.41) is 8.35. The van der Waals surface area contributed by atoms with E-state index in [9.17, 15) is 14.4 Å². The number of halogens is 1. The fourth-order valence-electron chi connectivity index (χ4n) is 7.44. The first kappa shape index (κ1) is 29.7. The van der Waals surface area contributed by atoms with E-state index in [2.05, 4.69) is 49.3 Å². The molecule has 5 heterocycles. The van der Waals surface area contributed by atoms with Crippen LogP contribution in [0, 0.1) is 19.3 Å². The number of likely N-dealkylation sites (tertiary alicyclic amines) is 1. The predicted octanol–water partition coefficient (Wildman–Crippen LogP) is 6.39. The summed E-state index contributed by atoms with van der Waals surface area (Å²) in [6.45, 7) is 7.55. The van der Waals surface area contributed by atoms with Gasteiger partial charge >= 0.3 is 0 Å². The van der Waals surface area contributed by atoms with Crippen molar-refractivity contribution in [3.8, 4) is 11.1 Å². The molecule has 2 aliphatic carbocycles. The Morgan fingerprint density at radius 1 is 1.09 bits per heavy atom. The van der Waals surface area contributed by atoms with Crippen LogP contribution in [-0.4, -0.2) is 58.7 Å². The van der Waals surface area contributed by atoms with Gasteiger partial charge in [0.15, 0.2) is 11.4 Å². The maximum Gasteiger partial charge on any atom is 0.248 e. The van der Waals surface area contributed by atoms with Gasteiger partial charge in [-0.05, 0) is 96.8 Å². The van der Waals surface area contributed by atoms with E-state index in [0.29, 0.717) is 28.3 Å². The van der Waals surface area contributed by atoms with Crippen LogP contribution in [0.15, 0.2) is 65.7 Å². The molecular weight excluding hydrogens is 658 g/mol. The monoisotopic (exact) mass is 691 g/mol. The second kappa shape index (κ2) is 10.7. The van der Waals surface area contributed by atoms with Crippen LogP contribution in [-0.2, 0) is 16.1 Å². The number of hydrogen-bond donors (Lipinski definition) is 1. The van der Waals surface area contributed by atoms with E-state index in [1.54, 1.807) is 22.5 Å². The lowest BCUT2D eigenvalue weighted by Gasteiger charge is -2.38. The standard InChI is InChI=1S/C36H34BrN7O3/c1-19-11-23(24-15-38-31-12-20(2)41-43(31)16-24)13-26-27(21(3)45)17-42(33(19)26)18-32(46)44-28(14-36(4)10-9-29(36)44)35(47)40-34-25(22-5-6-22)7-8-30(37)39-34/h7-13,15-17,22,28-29H,5-6,14,18H2,1-4H3,(H,39,40,47)/t28-,29+,36+/m0/s1. The molecule has 0 bridgehead atoms. The van der Waals surface area contributed by atoms with E-state index in [0.717, 1.165) is 57.3 Å². The largest absolute Gasteiger partial charge is 0.337 e. The van der Waals surface area contributed by atoms with Gasteiger partial charge in [-0.25, -0.2) is 14.5 Å². The molecule has 8 rings (SSSR count). The van der Waals surface area contributed by atoms with Gasteiger partial charge in [-0.1, -0.05) is 25.1 Å². The summed E-state index contributed by atoms with van der Waals surface area (Å²) < 4.78 is 4.27. The molecule has 0 spiro atoms. The third kappa shape index (κ3) is 4.99. The van der Waals surface area contributed by atoms with Crippen LogP contribution in [0.5, 0.6) is 0 Å². The Morgan fingerprint density at radius 3 is 2.62 bits per heavy atom. The van der Waals surface area contributed by atoms with Crippen molar-refractivity contribution in [2.75, 3.05) is 5.32 Å². The summed E-state index contributed by atoms with van der Waals surface area (Å²) in [5.41, 5.74) is 6.45. The zero-order valence-electron chi connectivity index (χ0n) is 26.6. The lowest BCUT2D eigenvalue weighted by atomic mass is 9.73. The van der Waals surface area contributed by atoms with Crippen molar-refractivity contribution in [3.05, 3.63) is 88.1 Å². The minimum Gasteiger partial charge on any atom is -0.337 e. The number of aryl methyl sites for hydroxylation is 2. The number of carbonyl (C=O) groups excluding carboxylic acids is 3. The number of carbonyl (C=O) groups is 3. The van der Waals surface area contributed by atoms with Crippen molar-refractivity contribution < 1.29 is 14.4 Å². The molecule has 2 fully saturated rings. The molecule has 3 aliphatic rings. The number of hydrogen-bond acceptors (Lipinski definition) is 6. The van der Waals surface area contributed by atoms with Crippen molar-refractivity contribution in [3.63, 3.8) is 0 Å².